The van der Waals surface area contributed by atoms with Crippen molar-refractivity contribution in [2.75, 3.05) is 20.4 Å². The summed E-state index contributed by atoms with van der Waals surface area (Å²) >= 11 is 7.44. The zero-order chi connectivity index (χ0) is 17.9. The minimum Gasteiger partial charge on any atom is -0.496 e. The third-order valence-electron chi connectivity index (χ3n) is 3.55. The minimum atomic E-state index is -3.65. The Labute approximate surface area is 152 Å². The van der Waals surface area contributed by atoms with Crippen LogP contribution in [0.5, 0.6) is 5.75 Å². The van der Waals surface area contributed by atoms with Crippen LogP contribution in [0, 0.1) is 6.92 Å². The fourth-order valence-electron chi connectivity index (χ4n) is 2.17. The Morgan fingerprint density at radius 1 is 1.33 bits per heavy atom. The Balaban J connectivity index is 2.27. The van der Waals surface area contributed by atoms with Crippen LogP contribution in [0.25, 0.3) is 0 Å². The number of halogens is 1. The second-order valence-corrected chi connectivity index (χ2v) is 8.48. The number of pyridine rings is 1. The van der Waals surface area contributed by atoms with Crippen LogP contribution in [0.2, 0.25) is 5.15 Å². The van der Waals surface area contributed by atoms with Gasteiger partial charge < -0.3 is 4.74 Å². The van der Waals surface area contributed by atoms with Crippen molar-refractivity contribution in [3.8, 4) is 5.75 Å². The molecule has 5 nitrogen and oxygen atoms in total. The van der Waals surface area contributed by atoms with Crippen molar-refractivity contribution in [1.29, 1.82) is 0 Å². The van der Waals surface area contributed by atoms with E-state index < -0.39 is 10.0 Å². The maximum absolute atomic E-state index is 12.7. The summed E-state index contributed by atoms with van der Waals surface area (Å²) in [7, 11) is -0.511. The van der Waals surface area contributed by atoms with E-state index in [0.717, 1.165) is 16.2 Å². The summed E-state index contributed by atoms with van der Waals surface area (Å²) in [6.07, 6.45) is 3.24. The summed E-state index contributed by atoms with van der Waals surface area (Å²) in [5.41, 5.74) is 1.46. The van der Waals surface area contributed by atoms with E-state index in [-0.39, 0.29) is 11.4 Å². The van der Waals surface area contributed by atoms with E-state index in [4.69, 9.17) is 16.3 Å². The lowest BCUT2D eigenvalue weighted by Gasteiger charge is -2.18. The highest BCUT2D eigenvalue weighted by Crippen LogP contribution is 2.29. The molecular weight excluding hydrogens is 368 g/mol. The molecule has 0 N–H and O–H groups in total. The number of ether oxygens (including phenoxy) is 1. The van der Waals surface area contributed by atoms with Gasteiger partial charge in [0.25, 0.3) is 0 Å². The van der Waals surface area contributed by atoms with Gasteiger partial charge >= 0.3 is 0 Å². The Kier molecular flexibility index (Phi) is 6.14. The first-order chi connectivity index (χ1) is 11.3. The molecule has 1 aromatic carbocycles. The van der Waals surface area contributed by atoms with Crippen LogP contribution in [0.1, 0.15) is 11.1 Å². The van der Waals surface area contributed by atoms with Gasteiger partial charge in [-0.1, -0.05) is 17.7 Å². The molecule has 0 saturated carbocycles. The second-order valence-electron chi connectivity index (χ2n) is 5.23. The molecule has 0 aliphatic carbocycles. The van der Waals surface area contributed by atoms with E-state index >= 15 is 0 Å². The molecule has 1 aromatic heterocycles. The van der Waals surface area contributed by atoms with Crippen LogP contribution in [0.15, 0.2) is 40.3 Å². The van der Waals surface area contributed by atoms with Crippen molar-refractivity contribution >= 4 is 33.4 Å². The highest BCUT2D eigenvalue weighted by Gasteiger charge is 2.22. The number of benzene rings is 1. The Bertz CT molecular complexity index is 841. The first-order valence-corrected chi connectivity index (χ1v) is 10.1. The summed E-state index contributed by atoms with van der Waals surface area (Å²) < 4.78 is 32.0. The fraction of sp³-hybridized carbons (Fsp3) is 0.312. The van der Waals surface area contributed by atoms with E-state index in [2.05, 4.69) is 4.98 Å². The van der Waals surface area contributed by atoms with Crippen LogP contribution in [0.4, 0.5) is 0 Å². The van der Waals surface area contributed by atoms with Gasteiger partial charge in [0.15, 0.2) is 0 Å². The van der Waals surface area contributed by atoms with Gasteiger partial charge in [-0.05, 0) is 42.5 Å². The molecule has 0 saturated heterocycles. The number of hydrogen-bond donors (Lipinski definition) is 0. The lowest BCUT2D eigenvalue weighted by atomic mass is 10.2. The Morgan fingerprint density at radius 3 is 2.62 bits per heavy atom. The number of sulfonamides is 1. The average Bonchev–Trinajstić information content (AvgIpc) is 2.56. The fourth-order valence-corrected chi connectivity index (χ4v) is 4.02. The van der Waals surface area contributed by atoms with Gasteiger partial charge in [-0.25, -0.2) is 13.4 Å². The van der Waals surface area contributed by atoms with E-state index in [1.165, 1.54) is 23.6 Å². The van der Waals surface area contributed by atoms with Crippen LogP contribution in [-0.2, 0) is 16.6 Å². The molecule has 2 rings (SSSR count). The quantitative estimate of drug-likeness (QED) is 0.560. The normalized spacial score (nSPS) is 11.8. The predicted molar refractivity (Wildman–Crippen MR) is 97.4 cm³/mol. The number of aromatic nitrogens is 1. The lowest BCUT2D eigenvalue weighted by Crippen LogP contribution is -2.26. The third-order valence-corrected chi connectivity index (χ3v) is 6.49. The molecule has 0 spiro atoms. The number of nitrogens with zero attached hydrogens (tertiary/aromatic N) is 2. The Morgan fingerprint density at radius 2 is 2.04 bits per heavy atom. The van der Waals surface area contributed by atoms with Crippen molar-refractivity contribution in [3.05, 3.63) is 46.7 Å². The lowest BCUT2D eigenvalue weighted by molar-refractivity contribution is 0.402. The number of hydrogen-bond acceptors (Lipinski definition) is 5. The zero-order valence-corrected chi connectivity index (χ0v) is 16.3. The number of aryl methyl sites for hydroxylation is 1. The summed E-state index contributed by atoms with van der Waals surface area (Å²) in [6, 6.07) is 7.20. The highest BCUT2D eigenvalue weighted by molar-refractivity contribution is 7.98. The van der Waals surface area contributed by atoms with Gasteiger partial charge in [0, 0.05) is 24.7 Å². The average molecular weight is 387 g/mol. The first kappa shape index (κ1) is 19.1. The largest absolute Gasteiger partial charge is 0.496 e. The number of methoxy groups -OCH3 is 1. The smallest absolute Gasteiger partial charge is 0.244 e. The van der Waals surface area contributed by atoms with Crippen molar-refractivity contribution in [1.82, 2.24) is 9.29 Å². The maximum atomic E-state index is 12.7. The van der Waals surface area contributed by atoms with E-state index in [1.54, 1.807) is 25.8 Å². The molecule has 0 fully saturated rings. The predicted octanol–water partition coefficient (Wildman–Crippen LogP) is 3.59. The van der Waals surface area contributed by atoms with E-state index in [0.29, 0.717) is 10.7 Å². The molecule has 2 aromatic rings. The molecule has 24 heavy (non-hydrogen) atoms. The highest BCUT2D eigenvalue weighted by atomic mass is 35.5. The van der Waals surface area contributed by atoms with Gasteiger partial charge in [-0.3, -0.25) is 0 Å². The van der Waals surface area contributed by atoms with Crippen molar-refractivity contribution in [2.24, 2.45) is 0 Å². The maximum Gasteiger partial charge on any atom is 0.244 e. The summed E-state index contributed by atoms with van der Waals surface area (Å²) in [5, 5.41) is 0.300. The molecular formula is C16H19ClN2O3S2. The molecule has 0 unspecified atom stereocenters. The monoisotopic (exact) mass is 386 g/mol. The van der Waals surface area contributed by atoms with Crippen LogP contribution in [0.3, 0.4) is 0 Å². The third kappa shape index (κ3) is 4.03. The van der Waals surface area contributed by atoms with Crippen LogP contribution in [-0.4, -0.2) is 38.1 Å². The van der Waals surface area contributed by atoms with Crippen molar-refractivity contribution in [2.45, 2.75) is 23.3 Å². The standard InChI is InChI=1S/C16H19ClN2O3S2/c1-11-7-13(9-18-16(11)17)24(20,21)19(2)10-12-5-6-15(23-4)14(8-12)22-3/h5-9H,10H2,1-4H3. The summed E-state index contributed by atoms with van der Waals surface area (Å²) in [4.78, 5) is 5.05. The minimum absolute atomic E-state index is 0.125. The van der Waals surface area contributed by atoms with Gasteiger partial charge in [-0.2, -0.15) is 4.31 Å². The molecule has 8 heteroatoms. The Hall–Kier alpha value is -1.28. The second kappa shape index (κ2) is 7.74. The topological polar surface area (TPSA) is 59.5 Å². The first-order valence-electron chi connectivity index (χ1n) is 7.09. The van der Waals surface area contributed by atoms with Gasteiger partial charge in [-0.15, -0.1) is 11.8 Å². The van der Waals surface area contributed by atoms with E-state index in [1.807, 2.05) is 24.5 Å². The molecule has 0 aliphatic rings. The molecule has 0 atom stereocenters. The van der Waals surface area contributed by atoms with Gasteiger partial charge in [0.2, 0.25) is 10.0 Å². The summed E-state index contributed by atoms with van der Waals surface area (Å²) in [6.45, 7) is 1.95. The molecule has 0 amide bonds. The van der Waals surface area contributed by atoms with Crippen LogP contribution < -0.4 is 4.74 Å². The number of rotatable bonds is 6. The van der Waals surface area contributed by atoms with Crippen LogP contribution >= 0.6 is 23.4 Å². The SMILES string of the molecule is COc1cc(CN(C)S(=O)(=O)c2cnc(Cl)c(C)c2)ccc1SC. The van der Waals surface area contributed by atoms with E-state index in [9.17, 15) is 8.42 Å². The summed E-state index contributed by atoms with van der Waals surface area (Å²) in [5.74, 6) is 0.731. The molecule has 0 radical (unpaired) electrons. The van der Waals surface area contributed by atoms with Gasteiger partial charge in [0.1, 0.15) is 15.8 Å². The van der Waals surface area contributed by atoms with Gasteiger partial charge in [0.05, 0.1) is 7.11 Å². The molecule has 0 aliphatic heterocycles. The molecule has 1 heterocycles. The number of thioether (sulfide) groups is 1. The van der Waals surface area contributed by atoms with Crippen molar-refractivity contribution < 1.29 is 13.2 Å². The van der Waals surface area contributed by atoms with Crippen molar-refractivity contribution in [3.63, 3.8) is 0 Å². The zero-order valence-electron chi connectivity index (χ0n) is 13.9. The molecule has 130 valence electrons. The molecule has 0 bridgehead atoms.